The van der Waals surface area contributed by atoms with E-state index in [-0.39, 0.29) is 5.92 Å². The van der Waals surface area contributed by atoms with E-state index in [1.54, 1.807) is 7.05 Å². The van der Waals surface area contributed by atoms with E-state index in [0.29, 0.717) is 12.4 Å². The van der Waals surface area contributed by atoms with Crippen LogP contribution in [0.1, 0.15) is 30.3 Å². The number of hydrogen-bond acceptors (Lipinski definition) is 2. The van der Waals surface area contributed by atoms with Gasteiger partial charge in [0.2, 0.25) is 0 Å². The Bertz CT molecular complexity index is 364. The lowest BCUT2D eigenvalue weighted by atomic mass is 9.99. The standard InChI is InChI=1S/C10H14F3N3/c1-16-6-8(10(11,12)13)15-9(16)7-3-2-4-14-5-7/h6-7,14H,2-5H2,1H3/t7-/m1/s1. The first-order chi connectivity index (χ1) is 7.48. The maximum Gasteiger partial charge on any atom is 0.434 e. The molecule has 90 valence electrons. The van der Waals surface area contributed by atoms with Crippen molar-refractivity contribution in [3.8, 4) is 0 Å². The van der Waals surface area contributed by atoms with Crippen LogP contribution in [0.3, 0.4) is 0 Å². The summed E-state index contributed by atoms with van der Waals surface area (Å²) in [5, 5.41) is 3.17. The molecule has 1 aliphatic rings. The van der Waals surface area contributed by atoms with Crippen molar-refractivity contribution in [1.29, 1.82) is 0 Å². The molecule has 1 N–H and O–H groups in total. The molecule has 1 aliphatic heterocycles. The zero-order chi connectivity index (χ0) is 11.8. The van der Waals surface area contributed by atoms with E-state index >= 15 is 0 Å². The molecule has 0 unspecified atom stereocenters. The fourth-order valence-corrected chi connectivity index (χ4v) is 2.07. The van der Waals surface area contributed by atoms with E-state index in [4.69, 9.17) is 0 Å². The highest BCUT2D eigenvalue weighted by Crippen LogP contribution is 2.30. The first kappa shape index (κ1) is 11.4. The molecule has 6 heteroatoms. The molecule has 0 aromatic carbocycles. The normalized spacial score (nSPS) is 22.4. The molecule has 2 rings (SSSR count). The van der Waals surface area contributed by atoms with Crippen molar-refractivity contribution in [1.82, 2.24) is 14.9 Å². The fraction of sp³-hybridized carbons (Fsp3) is 0.700. The van der Waals surface area contributed by atoms with Crippen LogP contribution < -0.4 is 5.32 Å². The van der Waals surface area contributed by atoms with Gasteiger partial charge in [0.05, 0.1) is 0 Å². The predicted octanol–water partition coefficient (Wildman–Crippen LogP) is 1.91. The van der Waals surface area contributed by atoms with Crippen molar-refractivity contribution in [2.45, 2.75) is 24.9 Å². The van der Waals surface area contributed by atoms with E-state index in [1.165, 1.54) is 4.57 Å². The molecule has 0 bridgehead atoms. The van der Waals surface area contributed by atoms with Gasteiger partial charge in [-0.05, 0) is 19.4 Å². The third-order valence-electron chi connectivity index (χ3n) is 2.86. The first-order valence-electron chi connectivity index (χ1n) is 5.29. The number of hydrogen-bond donors (Lipinski definition) is 1. The summed E-state index contributed by atoms with van der Waals surface area (Å²) in [6, 6.07) is 0. The number of piperidine rings is 1. The van der Waals surface area contributed by atoms with Crippen molar-refractivity contribution >= 4 is 0 Å². The Morgan fingerprint density at radius 3 is 2.75 bits per heavy atom. The van der Waals surface area contributed by atoms with Gasteiger partial charge in [-0.3, -0.25) is 0 Å². The van der Waals surface area contributed by atoms with Crippen LogP contribution in [-0.4, -0.2) is 22.6 Å². The SMILES string of the molecule is Cn1cc(C(F)(F)F)nc1[C@@H]1CCCNC1. The number of imidazole rings is 1. The molecule has 0 spiro atoms. The van der Waals surface area contributed by atoms with E-state index in [0.717, 1.165) is 25.6 Å². The second kappa shape index (κ2) is 4.08. The monoisotopic (exact) mass is 233 g/mol. The Labute approximate surface area is 91.7 Å². The van der Waals surface area contributed by atoms with Gasteiger partial charge < -0.3 is 9.88 Å². The van der Waals surface area contributed by atoms with Gasteiger partial charge >= 0.3 is 6.18 Å². The Balaban J connectivity index is 2.24. The van der Waals surface area contributed by atoms with Crippen molar-refractivity contribution in [2.24, 2.45) is 7.05 Å². The van der Waals surface area contributed by atoms with Crippen molar-refractivity contribution < 1.29 is 13.2 Å². The highest BCUT2D eigenvalue weighted by atomic mass is 19.4. The molecule has 0 aliphatic carbocycles. The third-order valence-corrected chi connectivity index (χ3v) is 2.86. The Hall–Kier alpha value is -1.04. The summed E-state index contributed by atoms with van der Waals surface area (Å²) in [4.78, 5) is 3.70. The summed E-state index contributed by atoms with van der Waals surface area (Å²) >= 11 is 0. The summed E-state index contributed by atoms with van der Waals surface area (Å²) in [7, 11) is 1.62. The highest BCUT2D eigenvalue weighted by molar-refractivity contribution is 5.11. The number of aromatic nitrogens is 2. The molecule has 2 heterocycles. The van der Waals surface area contributed by atoms with E-state index in [9.17, 15) is 13.2 Å². The molecule has 16 heavy (non-hydrogen) atoms. The van der Waals surface area contributed by atoms with Gasteiger partial charge in [-0.25, -0.2) is 4.98 Å². The molecule has 1 aromatic rings. The molecule has 0 saturated carbocycles. The molecule has 1 saturated heterocycles. The quantitative estimate of drug-likeness (QED) is 0.803. The largest absolute Gasteiger partial charge is 0.434 e. The first-order valence-corrected chi connectivity index (χ1v) is 5.29. The molecule has 1 aromatic heterocycles. The van der Waals surface area contributed by atoms with Gasteiger partial charge in [0.1, 0.15) is 5.82 Å². The van der Waals surface area contributed by atoms with Crippen LogP contribution in [0, 0.1) is 0 Å². The number of nitrogens with one attached hydrogen (secondary N) is 1. The van der Waals surface area contributed by atoms with Gasteiger partial charge in [0.15, 0.2) is 5.69 Å². The topological polar surface area (TPSA) is 29.9 Å². The second-order valence-electron chi connectivity index (χ2n) is 4.14. The molecular formula is C10H14F3N3. The number of nitrogens with zero attached hydrogens (tertiary/aromatic N) is 2. The summed E-state index contributed by atoms with van der Waals surface area (Å²) in [5.41, 5.74) is -0.796. The van der Waals surface area contributed by atoms with Gasteiger partial charge in [-0.2, -0.15) is 13.2 Å². The molecule has 0 amide bonds. The van der Waals surface area contributed by atoms with Crippen LogP contribution in [0.5, 0.6) is 0 Å². The third kappa shape index (κ3) is 2.21. The maximum atomic E-state index is 12.5. The highest BCUT2D eigenvalue weighted by Gasteiger charge is 2.35. The molecule has 1 fully saturated rings. The Kier molecular flexibility index (Phi) is 2.92. The molecule has 0 radical (unpaired) electrons. The number of aryl methyl sites for hydroxylation is 1. The van der Waals surface area contributed by atoms with Gasteiger partial charge in [0.25, 0.3) is 0 Å². The number of alkyl halides is 3. The minimum Gasteiger partial charge on any atom is -0.337 e. The van der Waals surface area contributed by atoms with Crippen LogP contribution >= 0.6 is 0 Å². The van der Waals surface area contributed by atoms with Crippen LogP contribution in [0.25, 0.3) is 0 Å². The zero-order valence-corrected chi connectivity index (χ0v) is 9.01. The smallest absolute Gasteiger partial charge is 0.337 e. The van der Waals surface area contributed by atoms with Crippen molar-refractivity contribution in [3.05, 3.63) is 17.7 Å². The fourth-order valence-electron chi connectivity index (χ4n) is 2.07. The average Bonchev–Trinajstić information content (AvgIpc) is 2.61. The zero-order valence-electron chi connectivity index (χ0n) is 9.01. The Morgan fingerprint density at radius 2 is 2.25 bits per heavy atom. The van der Waals surface area contributed by atoms with E-state index in [1.807, 2.05) is 0 Å². The van der Waals surface area contributed by atoms with Crippen molar-refractivity contribution in [2.75, 3.05) is 13.1 Å². The molecule has 3 nitrogen and oxygen atoms in total. The van der Waals surface area contributed by atoms with Crippen molar-refractivity contribution in [3.63, 3.8) is 0 Å². The van der Waals surface area contributed by atoms with E-state index < -0.39 is 11.9 Å². The van der Waals surface area contributed by atoms with Gasteiger partial charge in [-0.1, -0.05) is 0 Å². The van der Waals surface area contributed by atoms with Gasteiger partial charge in [-0.15, -0.1) is 0 Å². The van der Waals surface area contributed by atoms with Crippen LogP contribution in [0.15, 0.2) is 6.20 Å². The summed E-state index contributed by atoms with van der Waals surface area (Å²) < 4.78 is 38.9. The Morgan fingerprint density at radius 1 is 1.50 bits per heavy atom. The number of halogens is 3. The van der Waals surface area contributed by atoms with Gasteiger partial charge in [0, 0.05) is 25.7 Å². The molecule has 1 atom stereocenters. The van der Waals surface area contributed by atoms with Crippen LogP contribution in [0.4, 0.5) is 13.2 Å². The lowest BCUT2D eigenvalue weighted by Crippen LogP contribution is -2.29. The number of rotatable bonds is 1. The molecular weight excluding hydrogens is 219 g/mol. The second-order valence-corrected chi connectivity index (χ2v) is 4.14. The van der Waals surface area contributed by atoms with E-state index in [2.05, 4.69) is 10.3 Å². The minimum absolute atomic E-state index is 0.0925. The maximum absolute atomic E-state index is 12.5. The lowest BCUT2D eigenvalue weighted by molar-refractivity contribution is -0.141. The summed E-state index contributed by atoms with van der Waals surface area (Å²) in [5.74, 6) is 0.620. The van der Waals surface area contributed by atoms with Crippen LogP contribution in [0.2, 0.25) is 0 Å². The minimum atomic E-state index is -4.35. The summed E-state index contributed by atoms with van der Waals surface area (Å²) in [6.45, 7) is 1.65. The van der Waals surface area contributed by atoms with Crippen LogP contribution in [-0.2, 0) is 13.2 Å². The summed E-state index contributed by atoms with van der Waals surface area (Å²) in [6.07, 6.45) is -1.41. The average molecular weight is 233 g/mol. The lowest BCUT2D eigenvalue weighted by Gasteiger charge is -2.22. The predicted molar refractivity (Wildman–Crippen MR) is 53.1 cm³/mol.